The number of amides is 1. The highest BCUT2D eigenvalue weighted by atomic mass is 32.2. The molecule has 0 heterocycles. The number of nitrogens with one attached hydrogen (secondary N) is 1. The Labute approximate surface area is 197 Å². The molecule has 0 fully saturated rings. The van der Waals surface area contributed by atoms with Gasteiger partial charge in [0.15, 0.2) is 0 Å². The highest BCUT2D eigenvalue weighted by Gasteiger charge is 2.20. The number of hydrogen-bond donors (Lipinski definition) is 1. The molecule has 3 rings (SSSR count). The third-order valence-corrected chi connectivity index (χ3v) is 6.68. The Bertz CT molecular complexity index is 1180. The lowest BCUT2D eigenvalue weighted by atomic mass is 10.1. The maximum absolute atomic E-state index is 12.9. The van der Waals surface area contributed by atoms with Crippen molar-refractivity contribution in [3.8, 4) is 5.75 Å². The van der Waals surface area contributed by atoms with Crippen LogP contribution in [0.25, 0.3) is 0 Å². The number of rotatable bonds is 10. The summed E-state index contributed by atoms with van der Waals surface area (Å²) in [5.41, 5.74) is 1.83. The average Bonchev–Trinajstić information content (AvgIpc) is 2.81. The van der Waals surface area contributed by atoms with Crippen molar-refractivity contribution in [3.63, 3.8) is 0 Å². The third-order valence-electron chi connectivity index (χ3n) is 4.77. The van der Waals surface area contributed by atoms with Crippen molar-refractivity contribution < 1.29 is 22.3 Å². The molecule has 1 N–H and O–H groups in total. The summed E-state index contributed by atoms with van der Waals surface area (Å²) < 4.78 is 44.7. The van der Waals surface area contributed by atoms with Gasteiger partial charge in [0.2, 0.25) is 10.0 Å². The number of thioether (sulfide) groups is 1. The SMILES string of the molecule is CSc1ccccc1N(Cc1ccc(C(=O)NCCOc2ccc(F)cc2)cc1)S(C)(=O)=O. The Balaban J connectivity index is 1.60. The molecule has 3 aromatic rings. The van der Waals surface area contributed by atoms with Crippen LogP contribution in [0.5, 0.6) is 5.75 Å². The smallest absolute Gasteiger partial charge is 0.251 e. The first-order chi connectivity index (χ1) is 15.8. The summed E-state index contributed by atoms with van der Waals surface area (Å²) in [4.78, 5) is 13.2. The van der Waals surface area contributed by atoms with E-state index >= 15 is 0 Å². The van der Waals surface area contributed by atoms with Crippen molar-refractivity contribution in [3.05, 3.63) is 89.7 Å². The number of benzene rings is 3. The Morgan fingerprint density at radius 1 is 1.03 bits per heavy atom. The van der Waals surface area contributed by atoms with E-state index < -0.39 is 10.0 Å². The number of ether oxygens (including phenoxy) is 1. The van der Waals surface area contributed by atoms with Gasteiger partial charge in [-0.15, -0.1) is 11.8 Å². The first-order valence-corrected chi connectivity index (χ1v) is 13.2. The van der Waals surface area contributed by atoms with Crippen molar-refractivity contribution >= 4 is 33.4 Å². The van der Waals surface area contributed by atoms with E-state index in [0.717, 1.165) is 10.5 Å². The average molecular weight is 489 g/mol. The lowest BCUT2D eigenvalue weighted by Crippen LogP contribution is -2.30. The summed E-state index contributed by atoms with van der Waals surface area (Å²) in [5.74, 6) is -0.0855. The van der Waals surface area contributed by atoms with E-state index in [-0.39, 0.29) is 31.4 Å². The second kappa shape index (κ2) is 11.2. The van der Waals surface area contributed by atoms with Gasteiger partial charge in [0.25, 0.3) is 5.91 Å². The highest BCUT2D eigenvalue weighted by Crippen LogP contribution is 2.31. The fourth-order valence-corrected chi connectivity index (χ4v) is 4.67. The summed E-state index contributed by atoms with van der Waals surface area (Å²) in [6.45, 7) is 0.683. The van der Waals surface area contributed by atoms with Crippen molar-refractivity contribution in [1.82, 2.24) is 5.32 Å². The predicted molar refractivity (Wildman–Crippen MR) is 130 cm³/mol. The number of hydrogen-bond acceptors (Lipinski definition) is 5. The molecule has 0 radical (unpaired) electrons. The fraction of sp³-hybridized carbons (Fsp3) is 0.208. The van der Waals surface area contributed by atoms with Crippen LogP contribution in [-0.4, -0.2) is 40.0 Å². The van der Waals surface area contributed by atoms with Gasteiger partial charge in [-0.05, 0) is 60.4 Å². The lowest BCUT2D eigenvalue weighted by Gasteiger charge is -2.24. The largest absolute Gasteiger partial charge is 0.492 e. The van der Waals surface area contributed by atoms with Gasteiger partial charge in [0.05, 0.1) is 25.0 Å². The van der Waals surface area contributed by atoms with Gasteiger partial charge >= 0.3 is 0 Å². The van der Waals surface area contributed by atoms with Crippen LogP contribution in [0.15, 0.2) is 77.7 Å². The molecule has 0 saturated carbocycles. The number of sulfonamides is 1. The monoisotopic (exact) mass is 488 g/mol. The molecular formula is C24H25FN2O4S2. The number of carbonyl (C=O) groups excluding carboxylic acids is 1. The Kier molecular flexibility index (Phi) is 8.35. The summed E-state index contributed by atoms with van der Waals surface area (Å²) in [5, 5.41) is 2.76. The van der Waals surface area contributed by atoms with Crippen molar-refractivity contribution in [2.45, 2.75) is 11.4 Å². The molecule has 0 aliphatic rings. The lowest BCUT2D eigenvalue weighted by molar-refractivity contribution is 0.0947. The van der Waals surface area contributed by atoms with Crippen LogP contribution in [0.3, 0.4) is 0 Å². The molecule has 3 aromatic carbocycles. The first kappa shape index (κ1) is 24.6. The Morgan fingerprint density at radius 3 is 2.33 bits per heavy atom. The number of carbonyl (C=O) groups is 1. The van der Waals surface area contributed by atoms with E-state index in [9.17, 15) is 17.6 Å². The fourth-order valence-electron chi connectivity index (χ4n) is 3.11. The summed E-state index contributed by atoms with van der Waals surface area (Å²) in [6.07, 6.45) is 3.08. The third kappa shape index (κ3) is 6.97. The summed E-state index contributed by atoms with van der Waals surface area (Å²) in [7, 11) is -3.51. The molecule has 0 bridgehead atoms. The van der Waals surface area contributed by atoms with Crippen LogP contribution in [0, 0.1) is 5.82 Å². The van der Waals surface area contributed by atoms with Crippen molar-refractivity contribution in [2.75, 3.05) is 30.0 Å². The van der Waals surface area contributed by atoms with Gasteiger partial charge in [0.1, 0.15) is 18.2 Å². The second-order valence-electron chi connectivity index (χ2n) is 7.20. The van der Waals surface area contributed by atoms with Crippen LogP contribution >= 0.6 is 11.8 Å². The maximum Gasteiger partial charge on any atom is 0.251 e. The van der Waals surface area contributed by atoms with E-state index in [1.165, 1.54) is 46.6 Å². The molecule has 0 aromatic heterocycles. The Morgan fingerprint density at radius 2 is 1.70 bits per heavy atom. The predicted octanol–water partition coefficient (Wildman–Crippen LogP) is 4.32. The zero-order chi connectivity index (χ0) is 23.8. The molecule has 0 aliphatic carbocycles. The zero-order valence-electron chi connectivity index (χ0n) is 18.3. The van der Waals surface area contributed by atoms with Crippen LogP contribution in [0.2, 0.25) is 0 Å². The van der Waals surface area contributed by atoms with Crippen LogP contribution < -0.4 is 14.4 Å². The van der Waals surface area contributed by atoms with Gasteiger partial charge in [-0.3, -0.25) is 9.10 Å². The normalized spacial score (nSPS) is 11.1. The van der Waals surface area contributed by atoms with Gasteiger partial charge in [0, 0.05) is 10.5 Å². The standard InChI is InChI=1S/C24H25FN2O4S2/c1-32-23-6-4-3-5-22(23)27(33(2,29)30)17-18-7-9-19(10-8-18)24(28)26-15-16-31-21-13-11-20(25)12-14-21/h3-14H,15-17H2,1-2H3,(H,26,28). The molecule has 0 aliphatic heterocycles. The van der Waals surface area contributed by atoms with E-state index in [0.29, 0.717) is 17.0 Å². The molecule has 0 saturated heterocycles. The van der Waals surface area contributed by atoms with Crippen LogP contribution in [0.4, 0.5) is 10.1 Å². The minimum Gasteiger partial charge on any atom is -0.492 e. The van der Waals surface area contributed by atoms with E-state index in [1.807, 2.05) is 18.4 Å². The minimum atomic E-state index is -3.51. The molecule has 0 spiro atoms. The molecule has 9 heteroatoms. The van der Waals surface area contributed by atoms with E-state index in [4.69, 9.17) is 4.74 Å². The van der Waals surface area contributed by atoms with Crippen molar-refractivity contribution in [1.29, 1.82) is 0 Å². The molecule has 0 unspecified atom stereocenters. The molecule has 1 amide bonds. The number of halogens is 1. The summed E-state index contributed by atoms with van der Waals surface area (Å²) >= 11 is 1.48. The zero-order valence-corrected chi connectivity index (χ0v) is 20.0. The van der Waals surface area contributed by atoms with Gasteiger partial charge in [-0.1, -0.05) is 24.3 Å². The maximum atomic E-state index is 12.9. The molecular weight excluding hydrogens is 463 g/mol. The van der Waals surface area contributed by atoms with E-state index in [1.54, 1.807) is 36.4 Å². The molecule has 174 valence electrons. The topological polar surface area (TPSA) is 75.7 Å². The first-order valence-electron chi connectivity index (χ1n) is 10.1. The highest BCUT2D eigenvalue weighted by molar-refractivity contribution is 7.99. The minimum absolute atomic E-state index is 0.157. The molecule has 33 heavy (non-hydrogen) atoms. The van der Waals surface area contributed by atoms with E-state index in [2.05, 4.69) is 5.32 Å². The van der Waals surface area contributed by atoms with Gasteiger partial charge < -0.3 is 10.1 Å². The quantitative estimate of drug-likeness (QED) is 0.340. The molecule has 0 atom stereocenters. The number of para-hydroxylation sites is 1. The van der Waals surface area contributed by atoms with Crippen molar-refractivity contribution in [2.24, 2.45) is 0 Å². The Hall–Kier alpha value is -3.04. The van der Waals surface area contributed by atoms with Gasteiger partial charge in [-0.25, -0.2) is 12.8 Å². The second-order valence-corrected chi connectivity index (χ2v) is 9.95. The molecule has 6 nitrogen and oxygen atoms in total. The van der Waals surface area contributed by atoms with Crippen LogP contribution in [-0.2, 0) is 16.6 Å². The van der Waals surface area contributed by atoms with Crippen LogP contribution in [0.1, 0.15) is 15.9 Å². The summed E-state index contributed by atoms with van der Waals surface area (Å²) in [6, 6.07) is 19.8. The number of anilines is 1. The van der Waals surface area contributed by atoms with Gasteiger partial charge in [-0.2, -0.15) is 0 Å². The number of nitrogens with zero attached hydrogens (tertiary/aromatic N) is 1.